The number of hydrogen-bond acceptors (Lipinski definition) is 3. The molecule has 0 bridgehead atoms. The van der Waals surface area contributed by atoms with E-state index in [-0.39, 0.29) is 23.0 Å². The molecule has 2 amide bonds. The monoisotopic (exact) mass is 415 g/mol. The van der Waals surface area contributed by atoms with Crippen LogP contribution in [-0.2, 0) is 10.0 Å². The van der Waals surface area contributed by atoms with Gasteiger partial charge in [0, 0.05) is 10.0 Å². The molecule has 0 aliphatic heterocycles. The molecule has 2 rings (SSSR count). The third kappa shape index (κ3) is 5.35. The van der Waals surface area contributed by atoms with Crippen molar-refractivity contribution in [3.8, 4) is 0 Å². The van der Waals surface area contributed by atoms with Crippen LogP contribution in [0.15, 0.2) is 47.4 Å². The lowest BCUT2D eigenvalue weighted by Crippen LogP contribution is -2.38. The number of rotatable bonds is 5. The topological polar surface area (TPSA) is 101 Å². The number of hydrogen-bond donors (Lipinski definition) is 3. The maximum atomic E-state index is 12.2. The molecular weight excluding hydrogens is 397 g/mol. The summed E-state index contributed by atoms with van der Waals surface area (Å²) in [6, 6.07) is 10.0. The second-order valence-corrected chi connectivity index (χ2v) is 8.25. The van der Waals surface area contributed by atoms with Crippen molar-refractivity contribution in [3.63, 3.8) is 0 Å². The van der Waals surface area contributed by atoms with Gasteiger partial charge in [0.2, 0.25) is 10.0 Å². The Bertz CT molecular complexity index is 902. The fourth-order valence-corrected chi connectivity index (χ4v) is 3.48. The molecule has 6 nitrogen and oxygen atoms in total. The van der Waals surface area contributed by atoms with Crippen LogP contribution >= 0.6 is 23.2 Å². The highest BCUT2D eigenvalue weighted by atomic mass is 35.5. The molecule has 0 saturated carbocycles. The average molecular weight is 416 g/mol. The van der Waals surface area contributed by atoms with Gasteiger partial charge in [0.1, 0.15) is 0 Å². The summed E-state index contributed by atoms with van der Waals surface area (Å²) in [6.45, 7) is 3.59. The van der Waals surface area contributed by atoms with Crippen LogP contribution < -0.4 is 15.8 Å². The van der Waals surface area contributed by atoms with Gasteiger partial charge < -0.3 is 10.6 Å². The van der Waals surface area contributed by atoms with Crippen molar-refractivity contribution >= 4 is 39.3 Å². The number of nitrogens with one attached hydrogen (secondary N) is 2. The summed E-state index contributed by atoms with van der Waals surface area (Å²) in [7, 11) is -3.74. The van der Waals surface area contributed by atoms with E-state index >= 15 is 0 Å². The largest absolute Gasteiger partial charge is 0.332 e. The van der Waals surface area contributed by atoms with E-state index in [1.165, 1.54) is 12.1 Å². The molecule has 0 unspecified atom stereocenters. The standard InChI is InChI=1S/C17H19Cl2N3O3S/c1-10(12-3-6-14(7-4-12)26(20,24)25)21-17(23)22-11(2)15-8-5-13(18)9-16(15)19/h3-11H,1-2H3,(H2,20,24,25)(H2,21,22,23)/t10-,11+/m0/s1. The molecule has 0 fully saturated rings. The Morgan fingerprint density at radius 3 is 2.12 bits per heavy atom. The highest BCUT2D eigenvalue weighted by Gasteiger charge is 2.16. The molecule has 0 aliphatic rings. The molecule has 0 saturated heterocycles. The lowest BCUT2D eigenvalue weighted by Gasteiger charge is -2.19. The molecule has 9 heteroatoms. The normalized spacial score (nSPS) is 13.7. The van der Waals surface area contributed by atoms with Crippen LogP contribution in [0.2, 0.25) is 10.0 Å². The summed E-state index contributed by atoms with van der Waals surface area (Å²) in [5.74, 6) is 0. The fourth-order valence-electron chi connectivity index (χ4n) is 2.39. The highest BCUT2D eigenvalue weighted by Crippen LogP contribution is 2.26. The zero-order valence-electron chi connectivity index (χ0n) is 14.2. The maximum Gasteiger partial charge on any atom is 0.315 e. The van der Waals surface area contributed by atoms with E-state index in [4.69, 9.17) is 28.3 Å². The predicted molar refractivity (Wildman–Crippen MR) is 103 cm³/mol. The van der Waals surface area contributed by atoms with Crippen LogP contribution in [0.5, 0.6) is 0 Å². The summed E-state index contributed by atoms with van der Waals surface area (Å²) in [6.07, 6.45) is 0. The Kier molecular flexibility index (Phi) is 6.52. The minimum atomic E-state index is -3.74. The molecule has 0 heterocycles. The van der Waals surface area contributed by atoms with Crippen LogP contribution in [0.4, 0.5) is 4.79 Å². The summed E-state index contributed by atoms with van der Waals surface area (Å²) in [5.41, 5.74) is 1.49. The van der Waals surface area contributed by atoms with Gasteiger partial charge in [0.25, 0.3) is 0 Å². The summed E-state index contributed by atoms with van der Waals surface area (Å²) < 4.78 is 22.6. The van der Waals surface area contributed by atoms with Crippen LogP contribution in [0, 0.1) is 0 Å². The molecule has 2 aromatic carbocycles. The number of halogens is 2. The van der Waals surface area contributed by atoms with Gasteiger partial charge in [0.15, 0.2) is 0 Å². The zero-order valence-corrected chi connectivity index (χ0v) is 16.5. The number of urea groups is 1. The molecule has 2 atom stereocenters. The van der Waals surface area contributed by atoms with Crippen LogP contribution in [0.25, 0.3) is 0 Å². The number of benzene rings is 2. The minimum Gasteiger partial charge on any atom is -0.332 e. The molecule has 0 aliphatic carbocycles. The van der Waals surface area contributed by atoms with Crippen molar-refractivity contribution in [3.05, 3.63) is 63.6 Å². The van der Waals surface area contributed by atoms with E-state index in [9.17, 15) is 13.2 Å². The third-order valence-corrected chi connectivity index (χ3v) is 5.32. The first-order chi connectivity index (χ1) is 12.1. The van der Waals surface area contributed by atoms with Gasteiger partial charge in [-0.25, -0.2) is 18.4 Å². The van der Waals surface area contributed by atoms with Crippen molar-refractivity contribution in [2.75, 3.05) is 0 Å². The first kappa shape index (κ1) is 20.5. The summed E-state index contributed by atoms with van der Waals surface area (Å²) in [4.78, 5) is 12.2. The van der Waals surface area contributed by atoms with Gasteiger partial charge >= 0.3 is 6.03 Å². The summed E-state index contributed by atoms with van der Waals surface area (Å²) >= 11 is 12.0. The Morgan fingerprint density at radius 2 is 1.58 bits per heavy atom. The molecule has 0 radical (unpaired) electrons. The Labute approximate surface area is 162 Å². The quantitative estimate of drug-likeness (QED) is 0.692. The first-order valence-corrected chi connectivity index (χ1v) is 10.0. The molecular formula is C17H19Cl2N3O3S. The van der Waals surface area contributed by atoms with Gasteiger partial charge in [-0.05, 0) is 49.2 Å². The molecule has 0 spiro atoms. The average Bonchev–Trinajstić information content (AvgIpc) is 2.53. The van der Waals surface area contributed by atoms with E-state index in [1.54, 1.807) is 44.2 Å². The number of sulfonamides is 1. The maximum absolute atomic E-state index is 12.2. The first-order valence-electron chi connectivity index (χ1n) is 7.72. The number of primary sulfonamides is 1. The van der Waals surface area contributed by atoms with Crippen molar-refractivity contribution in [2.45, 2.75) is 30.8 Å². The lowest BCUT2D eigenvalue weighted by molar-refractivity contribution is 0.235. The summed E-state index contributed by atoms with van der Waals surface area (Å²) in [5, 5.41) is 11.6. The highest BCUT2D eigenvalue weighted by molar-refractivity contribution is 7.89. The third-order valence-electron chi connectivity index (χ3n) is 3.83. The van der Waals surface area contributed by atoms with Gasteiger partial charge in [-0.1, -0.05) is 41.4 Å². The van der Waals surface area contributed by atoms with E-state index in [2.05, 4.69) is 10.6 Å². The van der Waals surface area contributed by atoms with Gasteiger partial charge in [-0.2, -0.15) is 0 Å². The van der Waals surface area contributed by atoms with Gasteiger partial charge in [-0.15, -0.1) is 0 Å². The van der Waals surface area contributed by atoms with Gasteiger partial charge in [0.05, 0.1) is 17.0 Å². The Hall–Kier alpha value is -1.80. The lowest BCUT2D eigenvalue weighted by atomic mass is 10.1. The minimum absolute atomic E-state index is 0.0175. The Balaban J connectivity index is 2.00. The number of nitrogens with two attached hydrogens (primary N) is 1. The van der Waals surface area contributed by atoms with Crippen LogP contribution in [0.1, 0.15) is 37.1 Å². The zero-order chi connectivity index (χ0) is 19.5. The van der Waals surface area contributed by atoms with E-state index in [0.717, 1.165) is 11.1 Å². The van der Waals surface area contributed by atoms with Crippen molar-refractivity contribution in [2.24, 2.45) is 5.14 Å². The number of carbonyl (C=O) groups excluding carboxylic acids is 1. The van der Waals surface area contributed by atoms with Gasteiger partial charge in [-0.3, -0.25) is 0 Å². The SMILES string of the molecule is C[C@H](NC(=O)N[C@H](C)c1ccc(Cl)cc1Cl)c1ccc(S(N)(=O)=O)cc1. The van der Waals surface area contributed by atoms with E-state index in [0.29, 0.717) is 10.0 Å². The molecule has 4 N–H and O–H groups in total. The van der Waals surface area contributed by atoms with Crippen LogP contribution in [-0.4, -0.2) is 14.4 Å². The molecule has 0 aromatic heterocycles. The second kappa shape index (κ2) is 8.26. The Morgan fingerprint density at radius 1 is 1.00 bits per heavy atom. The van der Waals surface area contributed by atoms with Crippen molar-refractivity contribution in [1.29, 1.82) is 0 Å². The van der Waals surface area contributed by atoms with E-state index < -0.39 is 10.0 Å². The van der Waals surface area contributed by atoms with Crippen molar-refractivity contribution < 1.29 is 13.2 Å². The van der Waals surface area contributed by atoms with Crippen LogP contribution in [0.3, 0.4) is 0 Å². The smallest absolute Gasteiger partial charge is 0.315 e. The van der Waals surface area contributed by atoms with Crippen molar-refractivity contribution in [1.82, 2.24) is 10.6 Å². The van der Waals surface area contributed by atoms with E-state index in [1.807, 2.05) is 0 Å². The predicted octanol–water partition coefficient (Wildman–Crippen LogP) is 3.76. The molecule has 140 valence electrons. The fraction of sp³-hybridized carbons (Fsp3) is 0.235. The second-order valence-electron chi connectivity index (χ2n) is 5.84. The molecule has 26 heavy (non-hydrogen) atoms. The number of amides is 2. The molecule has 2 aromatic rings. The number of carbonyl (C=O) groups is 1.